The molecule has 3 aliphatic rings. The smallest absolute Gasteiger partial charge is 0.328 e. The van der Waals surface area contributed by atoms with Gasteiger partial charge < -0.3 is 79.7 Å². The van der Waals surface area contributed by atoms with E-state index in [0.29, 0.717) is 45.1 Å². The van der Waals surface area contributed by atoms with Gasteiger partial charge >= 0.3 is 5.97 Å². The van der Waals surface area contributed by atoms with E-state index < -0.39 is 121 Å². The minimum Gasteiger partial charge on any atom is -0.480 e. The summed E-state index contributed by atoms with van der Waals surface area (Å²) in [6, 6.07) is -9.58. The number of carbonyl (C=O) groups excluding carboxylic acids is 9. The molecule has 0 aliphatic carbocycles. The van der Waals surface area contributed by atoms with Gasteiger partial charge in [0.1, 0.15) is 48.3 Å². The summed E-state index contributed by atoms with van der Waals surface area (Å²) in [7, 11) is 0. The zero-order chi connectivity index (χ0) is 53.7. The highest BCUT2D eigenvalue weighted by molar-refractivity contribution is 5.98. The number of likely N-dealkylation sites (tertiary alicyclic amines) is 2. The Hall–Kier alpha value is -6.15. The van der Waals surface area contributed by atoms with Gasteiger partial charge in [0.05, 0.1) is 19.2 Å². The average molecular weight is 1020 g/mol. The number of aliphatic hydroxyl groups is 1. The Bertz CT molecular complexity index is 1930. The van der Waals surface area contributed by atoms with E-state index in [9.17, 15) is 53.1 Å². The predicted molar refractivity (Wildman–Crippen MR) is 263 cm³/mol. The third-order valence-electron chi connectivity index (χ3n) is 12.7. The van der Waals surface area contributed by atoms with Crippen LogP contribution in [0, 0.1) is 11.8 Å². The first-order valence-corrected chi connectivity index (χ1v) is 25.1. The van der Waals surface area contributed by atoms with Crippen molar-refractivity contribution in [2.45, 2.75) is 166 Å². The van der Waals surface area contributed by atoms with Gasteiger partial charge in [0.2, 0.25) is 53.2 Å². The maximum Gasteiger partial charge on any atom is 0.328 e. The molecular formula is C46H80N14O12. The molecule has 3 heterocycles. The third kappa shape index (κ3) is 18.8. The number of nitrogens with two attached hydrogens (primary N) is 3. The first-order valence-electron chi connectivity index (χ1n) is 25.1. The first-order chi connectivity index (χ1) is 34.1. The molecular weight excluding hydrogens is 941 g/mol. The van der Waals surface area contributed by atoms with E-state index in [2.05, 4.69) is 47.5 Å². The van der Waals surface area contributed by atoms with Crippen molar-refractivity contribution in [1.29, 1.82) is 0 Å². The number of aliphatic carboxylic acids is 1. The van der Waals surface area contributed by atoms with E-state index >= 15 is 0 Å². The summed E-state index contributed by atoms with van der Waals surface area (Å²) >= 11 is 0. The van der Waals surface area contributed by atoms with Crippen LogP contribution in [0.15, 0.2) is 4.99 Å². The second-order valence-electron chi connectivity index (χ2n) is 19.4. The molecule has 3 fully saturated rings. The minimum absolute atomic E-state index is 0.00968. The molecule has 0 aromatic rings. The second-order valence-corrected chi connectivity index (χ2v) is 19.4. The molecule has 9 amide bonds. The fraction of sp³-hybridized carbons (Fsp3) is 0.761. The van der Waals surface area contributed by atoms with Crippen molar-refractivity contribution in [2.75, 3.05) is 45.9 Å². The fourth-order valence-corrected chi connectivity index (χ4v) is 8.87. The highest BCUT2D eigenvalue weighted by Crippen LogP contribution is 2.23. The number of carboxylic acids is 1. The van der Waals surface area contributed by atoms with Crippen molar-refractivity contribution >= 4 is 65.1 Å². The van der Waals surface area contributed by atoms with Crippen LogP contribution in [0.4, 0.5) is 0 Å². The van der Waals surface area contributed by atoms with Crippen LogP contribution in [-0.2, 0) is 47.9 Å². The van der Waals surface area contributed by atoms with E-state index in [1.165, 1.54) is 16.7 Å². The van der Waals surface area contributed by atoms with Gasteiger partial charge in [0.25, 0.3) is 0 Å². The van der Waals surface area contributed by atoms with Gasteiger partial charge in [-0.2, -0.15) is 0 Å². The van der Waals surface area contributed by atoms with Crippen LogP contribution in [0.5, 0.6) is 0 Å². The summed E-state index contributed by atoms with van der Waals surface area (Å²) in [5, 5.41) is 39.7. The minimum atomic E-state index is -1.60. The molecule has 0 radical (unpaired) electrons. The zero-order valence-electron chi connectivity index (χ0n) is 42.3. The van der Waals surface area contributed by atoms with Crippen LogP contribution in [-0.4, -0.2) is 185 Å². The Morgan fingerprint density at radius 2 is 1.26 bits per heavy atom. The third-order valence-corrected chi connectivity index (χ3v) is 12.7. The van der Waals surface area contributed by atoms with Crippen LogP contribution < -0.4 is 59.7 Å². The molecule has 72 heavy (non-hydrogen) atoms. The Labute approximate surface area is 420 Å². The molecule has 0 aromatic heterocycles. The molecule has 406 valence electrons. The number of aliphatic imine (C=N–C) groups is 1. The zero-order valence-corrected chi connectivity index (χ0v) is 42.3. The van der Waals surface area contributed by atoms with Gasteiger partial charge in [-0.3, -0.25) is 48.1 Å². The van der Waals surface area contributed by atoms with Gasteiger partial charge in [-0.05, 0) is 109 Å². The molecule has 26 nitrogen and oxygen atoms in total. The van der Waals surface area contributed by atoms with Crippen LogP contribution in [0.1, 0.15) is 112 Å². The van der Waals surface area contributed by atoms with E-state index in [0.717, 1.165) is 6.42 Å². The van der Waals surface area contributed by atoms with Crippen molar-refractivity contribution in [1.82, 2.24) is 52.3 Å². The highest BCUT2D eigenvalue weighted by atomic mass is 16.4. The Kier molecular flexibility index (Phi) is 25.1. The van der Waals surface area contributed by atoms with Gasteiger partial charge in [-0.1, -0.05) is 27.7 Å². The SMILES string of the molecule is CC(C)CC(NC(=O)C1CCCN1C(=O)C(C)NC(=O)C(NC(=O)C1CCCN1)C(C)C)C(=O)N1CCCC1C(=O)NC(CCCN=C(N)N)C(=O)NC(CCCCN)C(=O)NCC(=O)NC(CO)C(=O)O. The number of aliphatic hydroxyl groups excluding tert-OH is 1. The molecule has 26 heteroatoms. The molecule has 9 atom stereocenters. The van der Waals surface area contributed by atoms with Gasteiger partial charge in [-0.15, -0.1) is 0 Å². The molecule has 16 N–H and O–H groups in total. The number of unbranched alkanes of at least 4 members (excludes halogenated alkanes) is 1. The average Bonchev–Trinajstić information content (AvgIpc) is 4.15. The highest BCUT2D eigenvalue weighted by Gasteiger charge is 2.42. The van der Waals surface area contributed by atoms with E-state index in [4.69, 9.17) is 22.3 Å². The Morgan fingerprint density at radius 1 is 0.667 bits per heavy atom. The van der Waals surface area contributed by atoms with Gasteiger partial charge in [-0.25, -0.2) is 4.79 Å². The molecule has 0 aromatic carbocycles. The standard InChI is InChI=1S/C46H80N14O12/c1-25(2)22-31(57-41(67)33-15-10-20-59(33)43(69)27(5)53-42(68)36(26(3)4)58-38(64)28-13-8-18-50-28)44(70)60-21-11-16-34(60)40(66)56-30(14-9-19-51-46(48)49)39(65)55-29(12-6-7-17-47)37(63)52-23-35(62)54-32(24-61)45(71)72/h25-34,36,50,61H,6-24,47H2,1-5H3,(H,52,63)(H,53,68)(H,54,62)(H,55,65)(H,56,66)(H,57,67)(H,58,64)(H,71,72)(H4,48,49,51). The van der Waals surface area contributed by atoms with Crippen LogP contribution in [0.2, 0.25) is 0 Å². The topological polar surface area (TPSA) is 404 Å². The van der Waals surface area contributed by atoms with Crippen molar-refractivity contribution < 1.29 is 58.2 Å². The number of rotatable bonds is 29. The number of guanidine groups is 1. The monoisotopic (exact) mass is 1020 g/mol. The molecule has 3 saturated heterocycles. The molecule has 0 bridgehead atoms. The number of nitrogens with zero attached hydrogens (tertiary/aromatic N) is 3. The first kappa shape index (κ1) is 60.2. The lowest BCUT2D eigenvalue weighted by Gasteiger charge is -2.32. The predicted octanol–water partition coefficient (Wildman–Crippen LogP) is -4.27. The molecule has 9 unspecified atom stereocenters. The van der Waals surface area contributed by atoms with Crippen molar-refractivity contribution in [2.24, 2.45) is 34.0 Å². The van der Waals surface area contributed by atoms with Crippen LogP contribution in [0.25, 0.3) is 0 Å². The van der Waals surface area contributed by atoms with Crippen molar-refractivity contribution in [3.8, 4) is 0 Å². The lowest BCUT2D eigenvalue weighted by atomic mass is 10.0. The quantitative estimate of drug-likeness (QED) is 0.0192. The van der Waals surface area contributed by atoms with E-state index in [1.54, 1.807) is 13.8 Å². The number of carbonyl (C=O) groups is 10. The number of hydrogen-bond acceptors (Lipinski definition) is 14. The summed E-state index contributed by atoms with van der Waals surface area (Å²) in [6.45, 7) is 8.70. The summed E-state index contributed by atoms with van der Waals surface area (Å²) < 4.78 is 0. The lowest BCUT2D eigenvalue weighted by molar-refractivity contribution is -0.145. The Morgan fingerprint density at radius 3 is 1.81 bits per heavy atom. The largest absolute Gasteiger partial charge is 0.480 e. The maximum absolute atomic E-state index is 14.5. The van der Waals surface area contributed by atoms with Gasteiger partial charge in [0.15, 0.2) is 5.96 Å². The second kappa shape index (κ2) is 30.0. The number of carboxylic acid groups (broad SMARTS) is 1. The van der Waals surface area contributed by atoms with Crippen LogP contribution in [0.3, 0.4) is 0 Å². The molecule has 0 spiro atoms. The fourth-order valence-electron chi connectivity index (χ4n) is 8.87. The van der Waals surface area contributed by atoms with E-state index in [1.807, 2.05) is 13.8 Å². The van der Waals surface area contributed by atoms with Gasteiger partial charge in [0, 0.05) is 19.6 Å². The summed E-state index contributed by atoms with van der Waals surface area (Å²) in [5.41, 5.74) is 16.6. The molecule has 3 aliphatic heterocycles. The van der Waals surface area contributed by atoms with E-state index in [-0.39, 0.29) is 82.0 Å². The number of nitrogens with one attached hydrogen (secondary N) is 8. The lowest BCUT2D eigenvalue weighted by Crippen LogP contribution is -2.60. The summed E-state index contributed by atoms with van der Waals surface area (Å²) in [5.74, 6) is -7.67. The maximum atomic E-state index is 14.5. The molecule has 3 rings (SSSR count). The number of amides is 9. The van der Waals surface area contributed by atoms with Crippen LogP contribution >= 0.6 is 0 Å². The Balaban J connectivity index is 1.75. The van der Waals surface area contributed by atoms with Crippen molar-refractivity contribution in [3.63, 3.8) is 0 Å². The summed E-state index contributed by atoms with van der Waals surface area (Å²) in [6.07, 6.45) is 4.24. The number of hydrogen-bond donors (Lipinski definition) is 13. The molecule has 0 saturated carbocycles. The normalized spacial score (nSPS) is 20.0. The van der Waals surface area contributed by atoms with Crippen molar-refractivity contribution in [3.05, 3.63) is 0 Å². The summed E-state index contributed by atoms with van der Waals surface area (Å²) in [4.78, 5) is 140.